The third-order valence-corrected chi connectivity index (χ3v) is 5.99. The highest BCUT2D eigenvalue weighted by molar-refractivity contribution is 5.86. The Morgan fingerprint density at radius 1 is 1.09 bits per heavy atom. The zero-order chi connectivity index (χ0) is 22.2. The van der Waals surface area contributed by atoms with Gasteiger partial charge >= 0.3 is 0 Å². The van der Waals surface area contributed by atoms with E-state index < -0.39 is 0 Å². The van der Waals surface area contributed by atoms with Crippen molar-refractivity contribution >= 4 is 16.7 Å². The molecule has 0 spiro atoms. The molecule has 1 aliphatic rings. The van der Waals surface area contributed by atoms with Crippen LogP contribution in [0, 0.1) is 25.2 Å². The molecule has 0 N–H and O–H groups in total. The molecule has 0 saturated carbocycles. The van der Waals surface area contributed by atoms with Crippen LogP contribution in [0.1, 0.15) is 46.3 Å². The van der Waals surface area contributed by atoms with E-state index in [0.717, 1.165) is 68.2 Å². The van der Waals surface area contributed by atoms with Crippen LogP contribution in [0.25, 0.3) is 16.7 Å². The summed E-state index contributed by atoms with van der Waals surface area (Å²) >= 11 is 0. The Bertz CT molecular complexity index is 1420. The molecule has 158 valence electrons. The second-order valence-corrected chi connectivity index (χ2v) is 8.18. The molecule has 3 heterocycles. The molecule has 0 amide bonds. The second kappa shape index (κ2) is 7.97. The van der Waals surface area contributed by atoms with Crippen LogP contribution in [0.3, 0.4) is 0 Å². The molecule has 0 radical (unpaired) electrons. The lowest BCUT2D eigenvalue weighted by molar-refractivity contribution is 0.307. The van der Waals surface area contributed by atoms with E-state index in [2.05, 4.69) is 48.7 Å². The molecule has 0 saturated heterocycles. The van der Waals surface area contributed by atoms with Crippen molar-refractivity contribution in [3.63, 3.8) is 0 Å². The number of ether oxygens (including phenoxy) is 1. The molecule has 5 heteroatoms. The Labute approximate surface area is 187 Å². The summed E-state index contributed by atoms with van der Waals surface area (Å²) in [5.74, 6) is 1.83. The first-order chi connectivity index (χ1) is 15.6. The SMILES string of the molecule is CCc1nc2c(C)cc(C)nc2n1Cc1ccc2c(c1)COc1ccccc1/C2=C\C#N. The van der Waals surface area contributed by atoms with E-state index in [9.17, 15) is 5.26 Å². The molecule has 4 aromatic rings. The van der Waals surface area contributed by atoms with Crippen LogP contribution in [0.15, 0.2) is 54.6 Å². The van der Waals surface area contributed by atoms with Gasteiger partial charge in [-0.05, 0) is 54.3 Å². The number of benzene rings is 2. The van der Waals surface area contributed by atoms with Gasteiger partial charge in [0, 0.05) is 29.3 Å². The maximum atomic E-state index is 9.41. The van der Waals surface area contributed by atoms with E-state index in [4.69, 9.17) is 14.7 Å². The summed E-state index contributed by atoms with van der Waals surface area (Å²) in [5.41, 5.74) is 9.17. The van der Waals surface area contributed by atoms with Gasteiger partial charge in [0.2, 0.25) is 0 Å². The average Bonchev–Trinajstić information content (AvgIpc) is 3.06. The Kier molecular flexibility index (Phi) is 4.99. The fraction of sp³-hybridized carbons (Fsp3) is 0.222. The van der Waals surface area contributed by atoms with Crippen molar-refractivity contribution in [2.75, 3.05) is 0 Å². The van der Waals surface area contributed by atoms with Crippen LogP contribution < -0.4 is 4.74 Å². The van der Waals surface area contributed by atoms with Crippen molar-refractivity contribution in [2.24, 2.45) is 0 Å². The standard InChI is InChI=1S/C27H24N4O/c1-4-25-30-26-17(2)13-18(3)29-27(26)31(25)15-19-9-10-21-20(14-19)16-32-24-8-6-5-7-23(24)22(21)11-12-28/h5-11,13-14H,4,15-16H2,1-3H3/b22-11-. The third-order valence-electron chi connectivity index (χ3n) is 5.99. The lowest BCUT2D eigenvalue weighted by Gasteiger charge is -2.13. The molecule has 0 unspecified atom stereocenters. The number of allylic oxidation sites excluding steroid dienone is 1. The Hall–Kier alpha value is -3.91. The van der Waals surface area contributed by atoms with E-state index >= 15 is 0 Å². The monoisotopic (exact) mass is 420 g/mol. The number of imidazole rings is 1. The van der Waals surface area contributed by atoms with Crippen molar-refractivity contribution < 1.29 is 4.74 Å². The number of nitrogens with zero attached hydrogens (tertiary/aromatic N) is 4. The molecule has 2 aromatic heterocycles. The molecule has 32 heavy (non-hydrogen) atoms. The minimum atomic E-state index is 0.463. The van der Waals surface area contributed by atoms with Gasteiger partial charge in [-0.25, -0.2) is 9.97 Å². The summed E-state index contributed by atoms with van der Waals surface area (Å²) < 4.78 is 8.32. The highest BCUT2D eigenvalue weighted by Gasteiger charge is 2.20. The summed E-state index contributed by atoms with van der Waals surface area (Å²) in [6, 6.07) is 18.6. The van der Waals surface area contributed by atoms with Crippen LogP contribution >= 0.6 is 0 Å². The highest BCUT2D eigenvalue weighted by atomic mass is 16.5. The van der Waals surface area contributed by atoms with E-state index in [-0.39, 0.29) is 0 Å². The number of aryl methyl sites for hydroxylation is 3. The van der Waals surface area contributed by atoms with Crippen molar-refractivity contribution in [3.05, 3.63) is 93.9 Å². The number of fused-ring (bicyclic) bond motifs is 3. The van der Waals surface area contributed by atoms with Crippen LogP contribution in [-0.4, -0.2) is 14.5 Å². The van der Waals surface area contributed by atoms with E-state index in [1.807, 2.05) is 31.2 Å². The third kappa shape index (κ3) is 3.34. The second-order valence-electron chi connectivity index (χ2n) is 8.18. The number of rotatable bonds is 3. The van der Waals surface area contributed by atoms with Crippen molar-refractivity contribution in [2.45, 2.75) is 40.3 Å². The largest absolute Gasteiger partial charge is 0.488 e. The predicted octanol–water partition coefficient (Wildman–Crippen LogP) is 5.51. The maximum Gasteiger partial charge on any atom is 0.160 e. The summed E-state index contributed by atoms with van der Waals surface area (Å²) in [4.78, 5) is 9.66. The first kappa shape index (κ1) is 20.0. The number of hydrogen-bond donors (Lipinski definition) is 0. The molecule has 5 nitrogen and oxygen atoms in total. The number of aromatic nitrogens is 3. The zero-order valence-electron chi connectivity index (χ0n) is 18.5. The van der Waals surface area contributed by atoms with Gasteiger partial charge in [-0.15, -0.1) is 0 Å². The summed E-state index contributed by atoms with van der Waals surface area (Å²) in [6.07, 6.45) is 2.45. The number of pyridine rings is 1. The molecule has 0 fully saturated rings. The highest BCUT2D eigenvalue weighted by Crippen LogP contribution is 2.37. The summed E-state index contributed by atoms with van der Waals surface area (Å²) in [5, 5.41) is 9.41. The Morgan fingerprint density at radius 3 is 2.75 bits per heavy atom. The summed E-state index contributed by atoms with van der Waals surface area (Å²) in [6.45, 7) is 7.39. The maximum absolute atomic E-state index is 9.41. The van der Waals surface area contributed by atoms with E-state index in [1.54, 1.807) is 6.08 Å². The van der Waals surface area contributed by atoms with Crippen LogP contribution in [0.5, 0.6) is 5.75 Å². The molecule has 1 aliphatic heterocycles. The van der Waals surface area contributed by atoms with Crippen molar-refractivity contribution in [1.29, 1.82) is 5.26 Å². The molecule has 5 rings (SSSR count). The number of para-hydroxylation sites is 1. The lowest BCUT2D eigenvalue weighted by atomic mass is 9.93. The fourth-order valence-electron chi connectivity index (χ4n) is 4.53. The van der Waals surface area contributed by atoms with Gasteiger partial charge in [0.25, 0.3) is 0 Å². The van der Waals surface area contributed by atoms with Gasteiger partial charge in [0.05, 0.1) is 12.6 Å². The van der Waals surface area contributed by atoms with Crippen LogP contribution in [0.2, 0.25) is 0 Å². The van der Waals surface area contributed by atoms with Crippen LogP contribution in [0.4, 0.5) is 0 Å². The molecule has 2 aromatic carbocycles. The molecule has 0 bridgehead atoms. The van der Waals surface area contributed by atoms with Gasteiger partial charge in [-0.1, -0.05) is 37.3 Å². The topological polar surface area (TPSA) is 63.7 Å². The van der Waals surface area contributed by atoms with E-state index in [0.29, 0.717) is 13.2 Å². The fourth-order valence-corrected chi connectivity index (χ4v) is 4.53. The van der Waals surface area contributed by atoms with Gasteiger partial charge in [-0.3, -0.25) is 0 Å². The molecule has 0 atom stereocenters. The number of hydrogen-bond acceptors (Lipinski definition) is 4. The normalized spacial score (nSPS) is 13.9. The first-order valence-corrected chi connectivity index (χ1v) is 10.9. The smallest absolute Gasteiger partial charge is 0.160 e. The number of nitriles is 1. The average molecular weight is 421 g/mol. The van der Waals surface area contributed by atoms with Crippen molar-refractivity contribution in [1.82, 2.24) is 14.5 Å². The predicted molar refractivity (Wildman–Crippen MR) is 125 cm³/mol. The van der Waals surface area contributed by atoms with Gasteiger partial charge in [-0.2, -0.15) is 5.26 Å². The quantitative estimate of drug-likeness (QED) is 0.410. The molecular formula is C27H24N4O. The van der Waals surface area contributed by atoms with Gasteiger partial charge in [0.15, 0.2) is 5.65 Å². The Morgan fingerprint density at radius 2 is 1.94 bits per heavy atom. The Balaban J connectivity index is 1.59. The van der Waals surface area contributed by atoms with Crippen molar-refractivity contribution in [3.8, 4) is 11.8 Å². The van der Waals surface area contributed by atoms with Gasteiger partial charge in [0.1, 0.15) is 23.7 Å². The van der Waals surface area contributed by atoms with E-state index in [1.165, 1.54) is 0 Å². The zero-order valence-corrected chi connectivity index (χ0v) is 18.5. The molecule has 0 aliphatic carbocycles. The van der Waals surface area contributed by atoms with Gasteiger partial charge < -0.3 is 9.30 Å². The lowest BCUT2D eigenvalue weighted by Crippen LogP contribution is -2.07. The minimum Gasteiger partial charge on any atom is -0.488 e. The first-order valence-electron chi connectivity index (χ1n) is 10.9. The molecular weight excluding hydrogens is 396 g/mol. The minimum absolute atomic E-state index is 0.463. The van der Waals surface area contributed by atoms with Crippen LogP contribution in [-0.2, 0) is 19.6 Å². The summed E-state index contributed by atoms with van der Waals surface area (Å²) in [7, 11) is 0.